The standard InChI is InChI=1S/C11H11ClF3NO3/c1-2-19-10(18)11(14,15)9(16)7-5(12)3-4-6(13)8(7)17/h3-4,9,17H,2,16H2,1H3/t9-/m1/s1. The number of phenolic OH excluding ortho intramolecular Hbond substituents is 1. The molecule has 0 radical (unpaired) electrons. The van der Waals surface area contributed by atoms with Gasteiger partial charge in [0.25, 0.3) is 0 Å². The normalized spacial score (nSPS) is 13.2. The lowest BCUT2D eigenvalue weighted by atomic mass is 10.00. The van der Waals surface area contributed by atoms with Gasteiger partial charge < -0.3 is 15.6 Å². The largest absolute Gasteiger partial charge is 0.505 e. The van der Waals surface area contributed by atoms with Crippen LogP contribution in [0.15, 0.2) is 12.1 Å². The van der Waals surface area contributed by atoms with Crippen LogP contribution in [0.4, 0.5) is 13.2 Å². The number of aromatic hydroxyl groups is 1. The number of carbonyl (C=O) groups excluding carboxylic acids is 1. The summed E-state index contributed by atoms with van der Waals surface area (Å²) in [6, 6.07) is -0.585. The Kier molecular flexibility index (Phi) is 4.65. The Labute approximate surface area is 111 Å². The minimum atomic E-state index is -4.15. The highest BCUT2D eigenvalue weighted by Gasteiger charge is 2.49. The summed E-state index contributed by atoms with van der Waals surface area (Å²) in [5, 5.41) is 9.02. The minimum absolute atomic E-state index is 0.274. The van der Waals surface area contributed by atoms with E-state index >= 15 is 0 Å². The van der Waals surface area contributed by atoms with E-state index in [-0.39, 0.29) is 11.6 Å². The van der Waals surface area contributed by atoms with Gasteiger partial charge in [-0.1, -0.05) is 11.6 Å². The predicted molar refractivity (Wildman–Crippen MR) is 61.6 cm³/mol. The molecule has 0 aliphatic heterocycles. The predicted octanol–water partition coefficient (Wildman–Crippen LogP) is 2.38. The average molecular weight is 298 g/mol. The van der Waals surface area contributed by atoms with Crippen LogP contribution in [0.1, 0.15) is 18.5 Å². The molecule has 1 atom stereocenters. The molecule has 1 rings (SSSR count). The SMILES string of the molecule is CCOC(=O)C(F)(F)[C@H](N)c1c(Cl)ccc(F)c1O. The fourth-order valence-electron chi connectivity index (χ4n) is 1.39. The quantitative estimate of drug-likeness (QED) is 0.837. The molecular weight excluding hydrogens is 287 g/mol. The van der Waals surface area contributed by atoms with Crippen LogP contribution < -0.4 is 5.73 Å². The number of carbonyl (C=O) groups is 1. The number of phenols is 1. The summed E-state index contributed by atoms with van der Waals surface area (Å²) in [4.78, 5) is 11.1. The van der Waals surface area contributed by atoms with Gasteiger partial charge in [0.05, 0.1) is 6.61 Å². The van der Waals surface area contributed by atoms with Crippen LogP contribution in [0, 0.1) is 5.82 Å². The highest BCUT2D eigenvalue weighted by molar-refractivity contribution is 6.31. The van der Waals surface area contributed by atoms with Crippen LogP contribution >= 0.6 is 11.6 Å². The van der Waals surface area contributed by atoms with E-state index in [4.69, 9.17) is 17.3 Å². The Balaban J connectivity index is 3.23. The van der Waals surface area contributed by atoms with Gasteiger partial charge in [0.1, 0.15) is 6.04 Å². The average Bonchev–Trinajstić information content (AvgIpc) is 2.34. The first-order chi connectivity index (χ1) is 8.73. The Morgan fingerprint density at radius 1 is 1.58 bits per heavy atom. The molecule has 1 aromatic rings. The molecule has 106 valence electrons. The molecule has 0 spiro atoms. The third-order valence-electron chi connectivity index (χ3n) is 2.36. The third-order valence-corrected chi connectivity index (χ3v) is 2.69. The molecule has 8 heteroatoms. The van der Waals surface area contributed by atoms with Crippen molar-refractivity contribution < 1.29 is 27.8 Å². The van der Waals surface area contributed by atoms with Gasteiger partial charge in [0.2, 0.25) is 0 Å². The number of nitrogens with two attached hydrogens (primary N) is 1. The Morgan fingerprint density at radius 3 is 2.68 bits per heavy atom. The molecule has 0 aliphatic carbocycles. The fraction of sp³-hybridized carbons (Fsp3) is 0.364. The van der Waals surface area contributed by atoms with Gasteiger partial charge >= 0.3 is 11.9 Å². The van der Waals surface area contributed by atoms with E-state index in [0.29, 0.717) is 0 Å². The summed E-state index contributed by atoms with van der Waals surface area (Å²) in [5.41, 5.74) is 4.46. The second kappa shape index (κ2) is 5.66. The van der Waals surface area contributed by atoms with E-state index < -0.39 is 35.1 Å². The van der Waals surface area contributed by atoms with E-state index in [1.165, 1.54) is 6.92 Å². The number of hydrogen-bond acceptors (Lipinski definition) is 4. The van der Waals surface area contributed by atoms with E-state index in [0.717, 1.165) is 12.1 Å². The monoisotopic (exact) mass is 297 g/mol. The maximum atomic E-state index is 13.7. The summed E-state index contributed by atoms with van der Waals surface area (Å²) in [6.45, 7) is 1.07. The highest BCUT2D eigenvalue weighted by atomic mass is 35.5. The zero-order valence-electron chi connectivity index (χ0n) is 9.79. The van der Waals surface area contributed by atoms with Crippen molar-refractivity contribution in [3.63, 3.8) is 0 Å². The van der Waals surface area contributed by atoms with Crippen molar-refractivity contribution >= 4 is 17.6 Å². The van der Waals surface area contributed by atoms with Crippen LogP contribution in [0.3, 0.4) is 0 Å². The molecule has 1 aromatic carbocycles. The number of esters is 1. The lowest BCUT2D eigenvalue weighted by molar-refractivity contribution is -0.174. The van der Waals surface area contributed by atoms with Crippen LogP contribution in [-0.2, 0) is 9.53 Å². The fourth-order valence-corrected chi connectivity index (χ4v) is 1.66. The van der Waals surface area contributed by atoms with Gasteiger partial charge in [-0.25, -0.2) is 9.18 Å². The molecule has 3 N–H and O–H groups in total. The van der Waals surface area contributed by atoms with Gasteiger partial charge in [0, 0.05) is 10.6 Å². The zero-order valence-corrected chi connectivity index (χ0v) is 10.5. The number of halogens is 4. The molecule has 0 aliphatic rings. The molecule has 0 aromatic heterocycles. The maximum absolute atomic E-state index is 13.7. The number of benzene rings is 1. The number of hydrogen-bond donors (Lipinski definition) is 2. The first kappa shape index (κ1) is 15.6. The lowest BCUT2D eigenvalue weighted by Gasteiger charge is -2.23. The Bertz CT molecular complexity index is 496. The van der Waals surface area contributed by atoms with Crippen LogP contribution in [0.5, 0.6) is 5.75 Å². The van der Waals surface area contributed by atoms with E-state index in [2.05, 4.69) is 4.74 Å². The number of rotatable bonds is 4. The van der Waals surface area contributed by atoms with Crippen molar-refractivity contribution in [1.82, 2.24) is 0 Å². The van der Waals surface area contributed by atoms with Gasteiger partial charge in [-0.3, -0.25) is 0 Å². The molecule has 19 heavy (non-hydrogen) atoms. The summed E-state index contributed by atoms with van der Waals surface area (Å²) >= 11 is 5.59. The first-order valence-electron chi connectivity index (χ1n) is 5.20. The second-order valence-corrected chi connectivity index (χ2v) is 4.02. The zero-order chi connectivity index (χ0) is 14.8. The van der Waals surface area contributed by atoms with Gasteiger partial charge in [-0.05, 0) is 19.1 Å². The molecular formula is C11H11ClF3NO3. The first-order valence-corrected chi connectivity index (χ1v) is 5.58. The number of ether oxygens (including phenoxy) is 1. The second-order valence-electron chi connectivity index (χ2n) is 3.61. The Morgan fingerprint density at radius 2 is 2.16 bits per heavy atom. The van der Waals surface area contributed by atoms with Crippen molar-refractivity contribution in [3.8, 4) is 5.75 Å². The van der Waals surface area contributed by atoms with Crippen LogP contribution in [-0.4, -0.2) is 23.6 Å². The Hall–Kier alpha value is -1.47. The van der Waals surface area contributed by atoms with Gasteiger partial charge in [-0.2, -0.15) is 8.78 Å². The van der Waals surface area contributed by atoms with Crippen LogP contribution in [0.2, 0.25) is 5.02 Å². The van der Waals surface area contributed by atoms with Crippen LogP contribution in [0.25, 0.3) is 0 Å². The lowest BCUT2D eigenvalue weighted by Crippen LogP contribution is -2.42. The molecule has 0 unspecified atom stereocenters. The minimum Gasteiger partial charge on any atom is -0.505 e. The number of alkyl halides is 2. The topological polar surface area (TPSA) is 72.5 Å². The third kappa shape index (κ3) is 2.93. The maximum Gasteiger partial charge on any atom is 0.379 e. The molecule has 0 bridgehead atoms. The smallest absolute Gasteiger partial charge is 0.379 e. The highest BCUT2D eigenvalue weighted by Crippen LogP contribution is 2.40. The van der Waals surface area contributed by atoms with E-state index in [1.807, 2.05) is 0 Å². The van der Waals surface area contributed by atoms with Crippen molar-refractivity contribution in [3.05, 3.63) is 28.5 Å². The summed E-state index contributed by atoms with van der Waals surface area (Å²) < 4.78 is 44.7. The molecule has 0 saturated carbocycles. The van der Waals surface area contributed by atoms with E-state index in [1.54, 1.807) is 0 Å². The molecule has 0 amide bonds. The van der Waals surface area contributed by atoms with Crippen molar-refractivity contribution in [1.29, 1.82) is 0 Å². The van der Waals surface area contributed by atoms with E-state index in [9.17, 15) is 23.1 Å². The van der Waals surface area contributed by atoms with Gasteiger partial charge in [-0.15, -0.1) is 0 Å². The van der Waals surface area contributed by atoms with Crippen molar-refractivity contribution in [2.75, 3.05) is 6.61 Å². The molecule has 4 nitrogen and oxygen atoms in total. The summed E-state index contributed by atoms with van der Waals surface area (Å²) in [7, 11) is 0. The molecule has 0 saturated heterocycles. The van der Waals surface area contributed by atoms with Gasteiger partial charge in [0.15, 0.2) is 11.6 Å². The summed E-state index contributed by atoms with van der Waals surface area (Å²) in [5.74, 6) is -8.31. The molecule has 0 fully saturated rings. The van der Waals surface area contributed by atoms with Crippen molar-refractivity contribution in [2.24, 2.45) is 5.73 Å². The summed E-state index contributed by atoms with van der Waals surface area (Å²) in [6.07, 6.45) is 0. The van der Waals surface area contributed by atoms with Crippen molar-refractivity contribution in [2.45, 2.75) is 18.9 Å². The molecule has 0 heterocycles.